The predicted octanol–water partition coefficient (Wildman–Crippen LogP) is 8.37. The fourth-order valence-electron chi connectivity index (χ4n) is 6.03. The Labute approximate surface area is 274 Å². The van der Waals surface area contributed by atoms with Crippen LogP contribution in [0.15, 0.2) is 83.4 Å². The number of carbonyl (C=O) groups is 1. The number of benzene rings is 3. The van der Waals surface area contributed by atoms with Crippen LogP contribution in [0.4, 0.5) is 18.0 Å². The normalized spacial score (nSPS) is 17.0. The van der Waals surface area contributed by atoms with Crippen molar-refractivity contribution in [1.82, 2.24) is 24.6 Å². The van der Waals surface area contributed by atoms with Crippen molar-refractivity contribution in [3.63, 3.8) is 0 Å². The van der Waals surface area contributed by atoms with Crippen molar-refractivity contribution < 1.29 is 22.7 Å². The molecule has 244 valence electrons. The maximum absolute atomic E-state index is 13.1. The number of halogens is 3. The monoisotopic (exact) mass is 660 g/mol. The van der Waals surface area contributed by atoms with Crippen molar-refractivity contribution in [2.75, 3.05) is 0 Å². The minimum absolute atomic E-state index is 0.0286. The van der Waals surface area contributed by atoms with Crippen LogP contribution in [0.25, 0.3) is 22.8 Å². The second-order valence-corrected chi connectivity index (χ2v) is 13.0. The summed E-state index contributed by atoms with van der Waals surface area (Å²) < 4.78 is 44.9. The summed E-state index contributed by atoms with van der Waals surface area (Å²) in [6, 6.07) is 19.6. The number of nitrogens with zero attached hydrogens (tertiary/aromatic N) is 5. The van der Waals surface area contributed by atoms with Crippen molar-refractivity contribution >= 4 is 17.4 Å². The summed E-state index contributed by atoms with van der Waals surface area (Å²) in [6.07, 6.45) is -0.595. The summed E-state index contributed by atoms with van der Waals surface area (Å²) in [5.41, 5.74) is 7.01. The first-order valence-corrected chi connectivity index (χ1v) is 16.3. The van der Waals surface area contributed by atoms with Gasteiger partial charge >= 0.3 is 12.4 Å². The third kappa shape index (κ3) is 7.48. The number of nitrogens with one attached hydrogen (secondary N) is 1. The van der Waals surface area contributed by atoms with E-state index in [0.29, 0.717) is 28.1 Å². The lowest BCUT2D eigenvalue weighted by Gasteiger charge is -2.16. The summed E-state index contributed by atoms with van der Waals surface area (Å²) in [7, 11) is 0. The third-order valence-electron chi connectivity index (χ3n) is 8.35. The zero-order valence-electron chi connectivity index (χ0n) is 26.5. The van der Waals surface area contributed by atoms with Gasteiger partial charge in [0.2, 0.25) is 0 Å². The quantitative estimate of drug-likeness (QED) is 0.190. The van der Waals surface area contributed by atoms with E-state index in [1.165, 1.54) is 57.7 Å². The zero-order chi connectivity index (χ0) is 33.3. The number of carbonyl (C=O) groups excluding carboxylic acids is 1. The first-order chi connectivity index (χ1) is 22.4. The number of urea groups is 1. The highest BCUT2D eigenvalue weighted by atomic mass is 32.1. The van der Waals surface area contributed by atoms with Gasteiger partial charge in [-0.3, -0.25) is 4.57 Å². The van der Waals surface area contributed by atoms with Gasteiger partial charge in [0.15, 0.2) is 10.6 Å². The lowest BCUT2D eigenvalue weighted by atomic mass is 9.96. The Morgan fingerprint density at radius 2 is 1.79 bits per heavy atom. The molecule has 1 aliphatic rings. The molecule has 6 rings (SSSR count). The Kier molecular flexibility index (Phi) is 9.05. The number of ether oxygens (including phenoxy) is 1. The van der Waals surface area contributed by atoms with Crippen molar-refractivity contribution in [1.29, 1.82) is 0 Å². The molecular formula is C35H35F3N6O2S. The summed E-state index contributed by atoms with van der Waals surface area (Å²) in [6.45, 7) is 8.44. The summed E-state index contributed by atoms with van der Waals surface area (Å²) in [4.78, 5) is 22.6. The highest BCUT2D eigenvalue weighted by molar-refractivity contribution is 7.07. The molecule has 3 aromatic carbocycles. The fraction of sp³-hybridized carbons (Fsp3) is 0.314. The Balaban J connectivity index is 1.09. The van der Waals surface area contributed by atoms with Crippen LogP contribution in [0.2, 0.25) is 0 Å². The number of thiazole rings is 1. The molecule has 0 saturated heterocycles. The van der Waals surface area contributed by atoms with Gasteiger partial charge < -0.3 is 10.1 Å². The molecule has 1 saturated carbocycles. The first-order valence-electron chi connectivity index (χ1n) is 15.4. The van der Waals surface area contributed by atoms with Crippen LogP contribution in [0.3, 0.4) is 0 Å². The number of amides is 2. The van der Waals surface area contributed by atoms with E-state index in [4.69, 9.17) is 0 Å². The Morgan fingerprint density at radius 1 is 1.04 bits per heavy atom. The molecular weight excluding hydrogens is 625 g/mol. The molecule has 2 atom stereocenters. The van der Waals surface area contributed by atoms with Gasteiger partial charge in [-0.05, 0) is 92.0 Å². The zero-order valence-corrected chi connectivity index (χ0v) is 27.3. The highest BCUT2D eigenvalue weighted by Crippen LogP contribution is 2.35. The summed E-state index contributed by atoms with van der Waals surface area (Å²) in [5, 5.41) is 9.65. The van der Waals surface area contributed by atoms with Crippen LogP contribution in [-0.2, 0) is 0 Å². The van der Waals surface area contributed by atoms with Crippen LogP contribution in [0, 0.1) is 13.8 Å². The van der Waals surface area contributed by atoms with E-state index >= 15 is 0 Å². The minimum atomic E-state index is -4.75. The van der Waals surface area contributed by atoms with Crippen molar-refractivity contribution in [2.45, 2.75) is 71.2 Å². The van der Waals surface area contributed by atoms with Crippen LogP contribution in [-0.4, -0.2) is 37.8 Å². The lowest BCUT2D eigenvalue weighted by molar-refractivity contribution is -0.274. The third-order valence-corrected chi connectivity index (χ3v) is 9.30. The predicted molar refractivity (Wildman–Crippen MR) is 175 cm³/mol. The first kappa shape index (κ1) is 32.2. The van der Waals surface area contributed by atoms with Crippen LogP contribution in [0.1, 0.15) is 67.3 Å². The average Bonchev–Trinajstić information content (AvgIpc) is 3.77. The molecule has 5 aromatic rings. The second kappa shape index (κ2) is 13.2. The van der Waals surface area contributed by atoms with Gasteiger partial charge in [-0.15, -0.1) is 29.6 Å². The van der Waals surface area contributed by atoms with Gasteiger partial charge in [0.05, 0.1) is 11.4 Å². The van der Waals surface area contributed by atoms with Crippen LogP contribution >= 0.6 is 11.3 Å². The second-order valence-electron chi connectivity index (χ2n) is 12.2. The van der Waals surface area contributed by atoms with E-state index in [9.17, 15) is 18.0 Å². The van der Waals surface area contributed by atoms with Crippen LogP contribution < -0.4 is 14.9 Å². The molecule has 8 nitrogen and oxygen atoms in total. The standard InChI is InChI=1S/C35H35F3N6O2S/c1-21(2)30-16-5-22(3)17-31(30)44-23(4)19-47-34(44)41-33(45)40-27-11-10-26(18-27)24-6-8-25(9-7-24)32-39-20-43(42-32)28-12-14-29(15-13-28)46-35(36,37)38/h5-9,12-17,19-21,26-27H,10-11,18H2,1-4H3,(H,40,45). The molecule has 1 fully saturated rings. The maximum atomic E-state index is 13.1. The Bertz CT molecular complexity index is 1940. The van der Waals surface area contributed by atoms with Crippen LogP contribution in [0.5, 0.6) is 5.75 Å². The summed E-state index contributed by atoms with van der Waals surface area (Å²) in [5.74, 6) is 0.822. The van der Waals surface area contributed by atoms with Gasteiger partial charge in [-0.25, -0.2) is 14.5 Å². The van der Waals surface area contributed by atoms with E-state index in [1.807, 2.05) is 24.4 Å². The van der Waals surface area contributed by atoms with E-state index < -0.39 is 6.36 Å². The fourth-order valence-corrected chi connectivity index (χ4v) is 6.90. The molecule has 2 unspecified atom stereocenters. The Hall–Kier alpha value is -4.71. The number of hydrogen-bond donors (Lipinski definition) is 1. The smallest absolute Gasteiger partial charge is 0.406 e. The summed E-state index contributed by atoms with van der Waals surface area (Å²) >= 11 is 1.46. The van der Waals surface area contributed by atoms with Gasteiger partial charge in [-0.2, -0.15) is 4.99 Å². The van der Waals surface area contributed by atoms with Gasteiger partial charge in [0.1, 0.15) is 12.1 Å². The van der Waals surface area contributed by atoms with E-state index in [0.717, 1.165) is 41.8 Å². The molecule has 0 bridgehead atoms. The molecule has 47 heavy (non-hydrogen) atoms. The average molecular weight is 661 g/mol. The lowest BCUT2D eigenvalue weighted by Crippen LogP contribution is -2.32. The molecule has 0 spiro atoms. The van der Waals surface area contributed by atoms with E-state index in [2.05, 4.69) is 80.8 Å². The topological polar surface area (TPSA) is 86.3 Å². The Morgan fingerprint density at radius 3 is 2.49 bits per heavy atom. The number of alkyl halides is 3. The SMILES string of the molecule is Cc1ccc(C(C)C)c(-n2c(C)csc2=NC(=O)NC2CCC(c3ccc(-c4ncn(-c5ccc(OC(F)(F)F)cc5)n4)cc3)C2)c1. The largest absolute Gasteiger partial charge is 0.573 e. The van der Waals surface area contributed by atoms with Gasteiger partial charge in [0, 0.05) is 22.7 Å². The molecule has 0 radical (unpaired) electrons. The van der Waals surface area contributed by atoms with E-state index in [-0.39, 0.29) is 17.8 Å². The molecule has 1 N–H and O–H groups in total. The van der Waals surface area contributed by atoms with Crippen molar-refractivity contribution in [3.05, 3.63) is 106 Å². The van der Waals surface area contributed by atoms with Gasteiger partial charge in [-0.1, -0.05) is 50.2 Å². The number of hydrogen-bond acceptors (Lipinski definition) is 5. The highest BCUT2D eigenvalue weighted by Gasteiger charge is 2.31. The molecule has 2 aromatic heterocycles. The van der Waals surface area contributed by atoms with Crippen molar-refractivity contribution in [2.24, 2.45) is 4.99 Å². The molecule has 12 heteroatoms. The van der Waals surface area contributed by atoms with Gasteiger partial charge in [0.25, 0.3) is 0 Å². The van der Waals surface area contributed by atoms with Crippen molar-refractivity contribution in [3.8, 4) is 28.5 Å². The molecule has 0 aliphatic heterocycles. The molecule has 2 amide bonds. The molecule has 2 heterocycles. The maximum Gasteiger partial charge on any atom is 0.573 e. The molecule has 1 aliphatic carbocycles. The number of aryl methyl sites for hydroxylation is 2. The minimum Gasteiger partial charge on any atom is -0.406 e. The number of rotatable bonds is 7. The number of aromatic nitrogens is 4. The van der Waals surface area contributed by atoms with E-state index in [1.54, 1.807) is 0 Å².